The quantitative estimate of drug-likeness (QED) is 0.842. The van der Waals surface area contributed by atoms with E-state index in [1.807, 2.05) is 6.20 Å². The maximum absolute atomic E-state index is 11.3. The van der Waals surface area contributed by atoms with E-state index in [4.69, 9.17) is 0 Å². The number of thiazole rings is 1. The van der Waals surface area contributed by atoms with Crippen molar-refractivity contribution in [3.63, 3.8) is 0 Å². The SMILES string of the molecule is CCc1cnc(CNc2cncc(C(=O)OC)n2)s1. The molecule has 0 aromatic carbocycles. The van der Waals surface area contributed by atoms with Crippen molar-refractivity contribution >= 4 is 23.1 Å². The van der Waals surface area contributed by atoms with Gasteiger partial charge in [0.05, 0.1) is 26.0 Å². The molecule has 0 fully saturated rings. The van der Waals surface area contributed by atoms with Gasteiger partial charge in [0.25, 0.3) is 0 Å². The summed E-state index contributed by atoms with van der Waals surface area (Å²) >= 11 is 1.65. The summed E-state index contributed by atoms with van der Waals surface area (Å²) < 4.78 is 4.59. The minimum absolute atomic E-state index is 0.181. The van der Waals surface area contributed by atoms with Crippen molar-refractivity contribution in [1.82, 2.24) is 15.0 Å². The Morgan fingerprint density at radius 1 is 1.42 bits per heavy atom. The number of aryl methyl sites for hydroxylation is 1. The summed E-state index contributed by atoms with van der Waals surface area (Å²) in [5.74, 6) is 0.0230. The number of methoxy groups -OCH3 is 1. The zero-order chi connectivity index (χ0) is 13.7. The first-order chi connectivity index (χ1) is 9.22. The average molecular weight is 278 g/mol. The van der Waals surface area contributed by atoms with Crippen molar-refractivity contribution in [3.05, 3.63) is 34.2 Å². The molecule has 0 bridgehead atoms. The summed E-state index contributed by atoms with van der Waals surface area (Å²) in [5.41, 5.74) is 0.181. The van der Waals surface area contributed by atoms with E-state index < -0.39 is 5.97 Å². The summed E-state index contributed by atoms with van der Waals surface area (Å²) in [6, 6.07) is 0. The third-order valence-corrected chi connectivity index (χ3v) is 3.54. The molecule has 0 radical (unpaired) electrons. The molecule has 0 unspecified atom stereocenters. The predicted octanol–water partition coefficient (Wildman–Crippen LogP) is 1.89. The minimum Gasteiger partial charge on any atom is -0.464 e. The van der Waals surface area contributed by atoms with Gasteiger partial charge in [-0.05, 0) is 6.42 Å². The maximum atomic E-state index is 11.3. The molecule has 0 saturated heterocycles. The fourth-order valence-corrected chi connectivity index (χ4v) is 2.22. The highest BCUT2D eigenvalue weighted by atomic mass is 32.1. The van der Waals surface area contributed by atoms with Crippen LogP contribution in [0.25, 0.3) is 0 Å². The number of aromatic nitrogens is 3. The molecule has 0 saturated carbocycles. The molecule has 0 aliphatic rings. The smallest absolute Gasteiger partial charge is 0.358 e. The van der Waals surface area contributed by atoms with Crippen LogP contribution in [0.5, 0.6) is 0 Å². The van der Waals surface area contributed by atoms with Gasteiger partial charge in [-0.15, -0.1) is 11.3 Å². The van der Waals surface area contributed by atoms with E-state index in [0.29, 0.717) is 12.4 Å². The summed E-state index contributed by atoms with van der Waals surface area (Å²) in [5, 5.41) is 4.06. The van der Waals surface area contributed by atoms with Crippen LogP contribution in [0.2, 0.25) is 0 Å². The van der Waals surface area contributed by atoms with Gasteiger partial charge < -0.3 is 10.1 Å². The molecule has 0 spiro atoms. The molecule has 2 aromatic rings. The molecule has 0 amide bonds. The predicted molar refractivity (Wildman–Crippen MR) is 72.2 cm³/mol. The van der Waals surface area contributed by atoms with E-state index in [-0.39, 0.29) is 5.69 Å². The number of carbonyl (C=O) groups excluding carboxylic acids is 1. The third kappa shape index (κ3) is 3.47. The van der Waals surface area contributed by atoms with Gasteiger partial charge in [-0.25, -0.2) is 14.8 Å². The molecule has 2 heterocycles. The van der Waals surface area contributed by atoms with Gasteiger partial charge in [-0.2, -0.15) is 0 Å². The van der Waals surface area contributed by atoms with Crippen molar-refractivity contribution in [3.8, 4) is 0 Å². The van der Waals surface area contributed by atoms with Gasteiger partial charge >= 0.3 is 5.97 Å². The van der Waals surface area contributed by atoms with Crippen molar-refractivity contribution < 1.29 is 9.53 Å². The molecule has 19 heavy (non-hydrogen) atoms. The second-order valence-electron chi connectivity index (χ2n) is 3.71. The number of hydrogen-bond acceptors (Lipinski definition) is 7. The molecule has 0 atom stereocenters. The summed E-state index contributed by atoms with van der Waals surface area (Å²) in [6.07, 6.45) is 5.78. The Balaban J connectivity index is 2.01. The van der Waals surface area contributed by atoms with Crippen LogP contribution in [0.3, 0.4) is 0 Å². The largest absolute Gasteiger partial charge is 0.464 e. The average Bonchev–Trinajstić information content (AvgIpc) is 2.92. The number of nitrogens with zero attached hydrogens (tertiary/aromatic N) is 3. The number of hydrogen-bond donors (Lipinski definition) is 1. The minimum atomic E-state index is -0.501. The molecule has 0 aliphatic carbocycles. The molecular formula is C12H14N4O2S. The standard InChI is InChI=1S/C12H14N4O2S/c1-3-8-4-15-11(19-8)7-14-10-6-13-5-9(16-10)12(17)18-2/h4-6H,3,7H2,1-2H3,(H,14,16). The lowest BCUT2D eigenvalue weighted by molar-refractivity contribution is 0.0593. The second-order valence-corrected chi connectivity index (χ2v) is 4.91. The first-order valence-corrected chi connectivity index (χ1v) is 6.62. The van der Waals surface area contributed by atoms with Crippen LogP contribution in [-0.4, -0.2) is 28.0 Å². The number of anilines is 1. The van der Waals surface area contributed by atoms with Crippen LogP contribution in [0.4, 0.5) is 5.82 Å². The van der Waals surface area contributed by atoms with Gasteiger partial charge in [0.1, 0.15) is 10.8 Å². The van der Waals surface area contributed by atoms with Crippen molar-refractivity contribution in [2.24, 2.45) is 0 Å². The fraction of sp³-hybridized carbons (Fsp3) is 0.333. The second kappa shape index (κ2) is 6.24. The maximum Gasteiger partial charge on any atom is 0.358 e. The number of ether oxygens (including phenoxy) is 1. The highest BCUT2D eigenvalue weighted by Gasteiger charge is 2.08. The Kier molecular flexibility index (Phi) is 4.40. The van der Waals surface area contributed by atoms with Gasteiger partial charge in [0, 0.05) is 11.1 Å². The zero-order valence-electron chi connectivity index (χ0n) is 10.7. The third-order valence-electron chi connectivity index (χ3n) is 2.40. The zero-order valence-corrected chi connectivity index (χ0v) is 11.5. The van der Waals surface area contributed by atoms with Crippen LogP contribution < -0.4 is 5.32 Å². The molecular weight excluding hydrogens is 264 g/mol. The molecule has 0 aliphatic heterocycles. The monoisotopic (exact) mass is 278 g/mol. The Hall–Kier alpha value is -2.02. The highest BCUT2D eigenvalue weighted by Crippen LogP contribution is 2.14. The van der Waals surface area contributed by atoms with E-state index in [2.05, 4.69) is 31.9 Å². The van der Waals surface area contributed by atoms with Gasteiger partial charge in [-0.1, -0.05) is 6.92 Å². The summed E-state index contributed by atoms with van der Waals surface area (Å²) in [7, 11) is 1.31. The van der Waals surface area contributed by atoms with E-state index in [0.717, 1.165) is 11.4 Å². The van der Waals surface area contributed by atoms with E-state index in [1.165, 1.54) is 18.2 Å². The van der Waals surface area contributed by atoms with Crippen LogP contribution in [0.1, 0.15) is 27.3 Å². The number of rotatable bonds is 5. The Morgan fingerprint density at radius 2 is 2.26 bits per heavy atom. The van der Waals surface area contributed by atoms with Crippen molar-refractivity contribution in [1.29, 1.82) is 0 Å². The number of esters is 1. The highest BCUT2D eigenvalue weighted by molar-refractivity contribution is 7.11. The van der Waals surface area contributed by atoms with Gasteiger partial charge in [-0.3, -0.25) is 4.98 Å². The van der Waals surface area contributed by atoms with Crippen LogP contribution in [0, 0.1) is 0 Å². The lowest BCUT2D eigenvalue weighted by Gasteiger charge is -2.04. The molecule has 2 aromatic heterocycles. The molecule has 2 rings (SSSR count). The van der Waals surface area contributed by atoms with Crippen molar-refractivity contribution in [2.45, 2.75) is 19.9 Å². The van der Waals surface area contributed by atoms with Crippen LogP contribution >= 0.6 is 11.3 Å². The fourth-order valence-electron chi connectivity index (χ4n) is 1.41. The summed E-state index contributed by atoms with van der Waals surface area (Å²) in [6.45, 7) is 2.65. The molecule has 7 heteroatoms. The van der Waals surface area contributed by atoms with E-state index >= 15 is 0 Å². The summed E-state index contributed by atoms with van der Waals surface area (Å²) in [4.78, 5) is 24.9. The Morgan fingerprint density at radius 3 is 2.95 bits per heavy atom. The van der Waals surface area contributed by atoms with E-state index in [1.54, 1.807) is 17.5 Å². The van der Waals surface area contributed by atoms with Gasteiger partial charge in [0.15, 0.2) is 5.69 Å². The molecule has 1 N–H and O–H groups in total. The number of nitrogens with one attached hydrogen (secondary N) is 1. The van der Waals surface area contributed by atoms with Crippen LogP contribution in [0.15, 0.2) is 18.6 Å². The lowest BCUT2D eigenvalue weighted by Crippen LogP contribution is -2.08. The first kappa shape index (κ1) is 13.4. The Labute approximate surface area is 114 Å². The normalized spacial score (nSPS) is 10.2. The van der Waals surface area contributed by atoms with Crippen molar-refractivity contribution in [2.75, 3.05) is 12.4 Å². The number of carbonyl (C=O) groups is 1. The Bertz CT molecular complexity index is 570. The topological polar surface area (TPSA) is 77.0 Å². The first-order valence-electron chi connectivity index (χ1n) is 5.80. The van der Waals surface area contributed by atoms with Gasteiger partial charge in [0.2, 0.25) is 0 Å². The molecule has 6 nitrogen and oxygen atoms in total. The van der Waals surface area contributed by atoms with Crippen LogP contribution in [-0.2, 0) is 17.7 Å². The molecule has 100 valence electrons. The van der Waals surface area contributed by atoms with E-state index in [9.17, 15) is 4.79 Å². The lowest BCUT2D eigenvalue weighted by atomic mass is 10.4.